The smallest absolute Gasteiger partial charge is 0.215 e. The molecule has 6 heteroatoms. The van der Waals surface area contributed by atoms with Crippen molar-refractivity contribution < 1.29 is 4.74 Å². The van der Waals surface area contributed by atoms with Crippen molar-refractivity contribution in [2.24, 2.45) is 0 Å². The maximum atomic E-state index is 9.01. The Kier molecular flexibility index (Phi) is 3.16. The maximum Gasteiger partial charge on any atom is 0.215 e. The van der Waals surface area contributed by atoms with E-state index >= 15 is 0 Å². The van der Waals surface area contributed by atoms with Crippen LogP contribution in [0.15, 0.2) is 36.4 Å². The second-order valence-corrected chi connectivity index (χ2v) is 4.45. The highest BCUT2D eigenvalue weighted by molar-refractivity contribution is 5.79. The summed E-state index contributed by atoms with van der Waals surface area (Å²) < 4.78 is 6.96. The fourth-order valence-corrected chi connectivity index (χ4v) is 2.24. The lowest BCUT2D eigenvalue weighted by Gasteiger charge is -2.10. The number of hydrogen-bond acceptors (Lipinski definition) is 5. The Hall–Kier alpha value is -3.07. The first kappa shape index (κ1) is 12.9. The standard InChI is InChI=1S/C15H13N5O/c1-21-14-7-6-10(17)15(19-14)20-12-5-3-2-4-11(12)18-13(20)8-9-16/h2-7H,8,17H2,1H3. The molecule has 21 heavy (non-hydrogen) atoms. The molecule has 0 amide bonds. The van der Waals surface area contributed by atoms with Gasteiger partial charge in [0.2, 0.25) is 5.88 Å². The summed E-state index contributed by atoms with van der Waals surface area (Å²) in [7, 11) is 1.55. The molecule has 0 saturated carbocycles. The van der Waals surface area contributed by atoms with E-state index in [0.717, 1.165) is 11.0 Å². The summed E-state index contributed by atoms with van der Waals surface area (Å²) in [5.41, 5.74) is 8.19. The number of ether oxygens (including phenoxy) is 1. The van der Waals surface area contributed by atoms with Crippen LogP contribution < -0.4 is 10.5 Å². The lowest BCUT2D eigenvalue weighted by atomic mass is 10.3. The van der Waals surface area contributed by atoms with E-state index < -0.39 is 0 Å². The number of imidazole rings is 1. The number of para-hydroxylation sites is 2. The molecule has 0 saturated heterocycles. The first-order chi connectivity index (χ1) is 10.2. The second kappa shape index (κ2) is 5.13. The summed E-state index contributed by atoms with van der Waals surface area (Å²) in [6.07, 6.45) is 0.174. The summed E-state index contributed by atoms with van der Waals surface area (Å²) in [5, 5.41) is 9.01. The van der Waals surface area contributed by atoms with Crippen molar-refractivity contribution in [3.8, 4) is 17.8 Å². The van der Waals surface area contributed by atoms with Crippen molar-refractivity contribution in [2.75, 3.05) is 12.8 Å². The van der Waals surface area contributed by atoms with Crippen molar-refractivity contribution in [3.05, 3.63) is 42.2 Å². The lowest BCUT2D eigenvalue weighted by Crippen LogP contribution is -2.07. The number of nitrogen functional groups attached to an aromatic ring is 1. The van der Waals surface area contributed by atoms with E-state index in [-0.39, 0.29) is 6.42 Å². The highest BCUT2D eigenvalue weighted by Gasteiger charge is 2.15. The molecule has 0 atom stereocenters. The van der Waals surface area contributed by atoms with Gasteiger partial charge in [0, 0.05) is 6.07 Å². The third-order valence-corrected chi connectivity index (χ3v) is 3.17. The number of fused-ring (bicyclic) bond motifs is 1. The highest BCUT2D eigenvalue weighted by atomic mass is 16.5. The van der Waals surface area contributed by atoms with Gasteiger partial charge in [-0.1, -0.05) is 12.1 Å². The summed E-state index contributed by atoms with van der Waals surface area (Å²) in [6.45, 7) is 0. The minimum Gasteiger partial charge on any atom is -0.481 e. The van der Waals surface area contributed by atoms with Gasteiger partial charge in [-0.15, -0.1) is 0 Å². The number of nitriles is 1. The van der Waals surface area contributed by atoms with Gasteiger partial charge in [0.15, 0.2) is 5.82 Å². The number of pyridine rings is 1. The van der Waals surface area contributed by atoms with Crippen molar-refractivity contribution in [1.29, 1.82) is 5.26 Å². The molecule has 0 radical (unpaired) electrons. The Bertz CT molecular complexity index is 847. The number of rotatable bonds is 3. The summed E-state index contributed by atoms with van der Waals surface area (Å²) in [6, 6.07) is 13.2. The van der Waals surface area contributed by atoms with Gasteiger partial charge in [0.25, 0.3) is 0 Å². The van der Waals surface area contributed by atoms with Crippen molar-refractivity contribution in [1.82, 2.24) is 14.5 Å². The molecule has 0 aliphatic heterocycles. The molecule has 2 aromatic heterocycles. The quantitative estimate of drug-likeness (QED) is 0.792. The van der Waals surface area contributed by atoms with E-state index in [1.165, 1.54) is 0 Å². The molecule has 3 rings (SSSR count). The Labute approximate surface area is 121 Å². The van der Waals surface area contributed by atoms with Crippen LogP contribution in [0.2, 0.25) is 0 Å². The van der Waals surface area contributed by atoms with Gasteiger partial charge in [-0.05, 0) is 18.2 Å². The molecular weight excluding hydrogens is 266 g/mol. The molecule has 0 unspecified atom stereocenters. The number of aromatic nitrogens is 3. The average Bonchev–Trinajstić information content (AvgIpc) is 2.86. The van der Waals surface area contributed by atoms with E-state index in [2.05, 4.69) is 16.0 Å². The highest BCUT2D eigenvalue weighted by Crippen LogP contribution is 2.26. The topological polar surface area (TPSA) is 89.8 Å². The van der Waals surface area contributed by atoms with E-state index in [4.69, 9.17) is 15.7 Å². The molecule has 2 N–H and O–H groups in total. The van der Waals surface area contributed by atoms with Crippen LogP contribution in [0.4, 0.5) is 5.69 Å². The molecule has 2 heterocycles. The van der Waals surface area contributed by atoms with Gasteiger partial charge >= 0.3 is 0 Å². The second-order valence-electron chi connectivity index (χ2n) is 4.45. The fourth-order valence-electron chi connectivity index (χ4n) is 2.24. The molecule has 0 bridgehead atoms. The number of benzene rings is 1. The zero-order chi connectivity index (χ0) is 14.8. The summed E-state index contributed by atoms with van der Waals surface area (Å²) in [5.74, 6) is 1.58. The monoisotopic (exact) mass is 279 g/mol. The maximum absolute atomic E-state index is 9.01. The number of nitrogens with zero attached hydrogens (tertiary/aromatic N) is 4. The summed E-state index contributed by atoms with van der Waals surface area (Å²) in [4.78, 5) is 8.87. The van der Waals surface area contributed by atoms with E-state index in [1.807, 2.05) is 24.3 Å². The van der Waals surface area contributed by atoms with Crippen LogP contribution in [0.25, 0.3) is 16.9 Å². The Morgan fingerprint density at radius 3 is 2.81 bits per heavy atom. The first-order valence-corrected chi connectivity index (χ1v) is 6.39. The molecule has 104 valence electrons. The number of anilines is 1. The zero-order valence-electron chi connectivity index (χ0n) is 11.4. The summed E-state index contributed by atoms with van der Waals surface area (Å²) >= 11 is 0. The third-order valence-electron chi connectivity index (χ3n) is 3.17. The molecule has 0 aliphatic carbocycles. The van der Waals surface area contributed by atoms with Crippen LogP contribution in [0.5, 0.6) is 5.88 Å². The number of methoxy groups -OCH3 is 1. The van der Waals surface area contributed by atoms with E-state index in [1.54, 1.807) is 23.8 Å². The van der Waals surface area contributed by atoms with Crippen LogP contribution in [0, 0.1) is 11.3 Å². The van der Waals surface area contributed by atoms with Gasteiger partial charge in [-0.25, -0.2) is 4.98 Å². The van der Waals surface area contributed by atoms with Gasteiger partial charge < -0.3 is 10.5 Å². The average molecular weight is 279 g/mol. The van der Waals surface area contributed by atoms with Crippen LogP contribution in [-0.4, -0.2) is 21.6 Å². The Morgan fingerprint density at radius 1 is 1.24 bits per heavy atom. The molecule has 1 aromatic carbocycles. The van der Waals surface area contributed by atoms with E-state index in [9.17, 15) is 0 Å². The minimum absolute atomic E-state index is 0.174. The largest absolute Gasteiger partial charge is 0.481 e. The molecule has 0 aliphatic rings. The Balaban J connectivity index is 2.33. The van der Waals surface area contributed by atoms with E-state index in [0.29, 0.717) is 23.2 Å². The first-order valence-electron chi connectivity index (χ1n) is 6.39. The van der Waals surface area contributed by atoms with Gasteiger partial charge in [0.1, 0.15) is 5.82 Å². The van der Waals surface area contributed by atoms with Crippen molar-refractivity contribution in [2.45, 2.75) is 6.42 Å². The predicted octanol–water partition coefficient (Wildman–Crippen LogP) is 2.08. The van der Waals surface area contributed by atoms with Crippen molar-refractivity contribution in [3.63, 3.8) is 0 Å². The van der Waals surface area contributed by atoms with Crippen LogP contribution in [-0.2, 0) is 6.42 Å². The molecule has 6 nitrogen and oxygen atoms in total. The minimum atomic E-state index is 0.174. The Morgan fingerprint density at radius 2 is 2.05 bits per heavy atom. The van der Waals surface area contributed by atoms with Crippen LogP contribution >= 0.6 is 0 Å². The SMILES string of the molecule is COc1ccc(N)c(-n2c(CC#N)nc3ccccc32)n1. The number of hydrogen-bond donors (Lipinski definition) is 1. The molecule has 3 aromatic rings. The number of nitrogens with two attached hydrogens (primary N) is 1. The van der Waals surface area contributed by atoms with Gasteiger partial charge in [0.05, 0.1) is 36.3 Å². The lowest BCUT2D eigenvalue weighted by molar-refractivity contribution is 0.397. The fraction of sp³-hybridized carbons (Fsp3) is 0.133. The molecular formula is C15H13N5O. The predicted molar refractivity (Wildman–Crippen MR) is 79.1 cm³/mol. The van der Waals surface area contributed by atoms with Crippen LogP contribution in [0.1, 0.15) is 5.82 Å². The van der Waals surface area contributed by atoms with Crippen LogP contribution in [0.3, 0.4) is 0 Å². The van der Waals surface area contributed by atoms with Crippen molar-refractivity contribution >= 4 is 16.7 Å². The van der Waals surface area contributed by atoms with Gasteiger partial charge in [-0.2, -0.15) is 10.2 Å². The zero-order valence-corrected chi connectivity index (χ0v) is 11.4. The van der Waals surface area contributed by atoms with Gasteiger partial charge in [-0.3, -0.25) is 4.57 Å². The third kappa shape index (κ3) is 2.15. The molecule has 0 fully saturated rings. The normalized spacial score (nSPS) is 10.5. The molecule has 0 spiro atoms.